The molecule has 0 unspecified atom stereocenters. The molecule has 2 N–H and O–H groups in total. The van der Waals surface area contributed by atoms with Gasteiger partial charge in [0.1, 0.15) is 0 Å². The average molecular weight is 323 g/mol. The quantitative estimate of drug-likeness (QED) is 0.840. The molecular formula is C16H23BrN2. The van der Waals surface area contributed by atoms with Gasteiger partial charge in [0.15, 0.2) is 0 Å². The molecule has 0 spiro atoms. The van der Waals surface area contributed by atoms with Gasteiger partial charge in [-0.25, -0.2) is 0 Å². The van der Waals surface area contributed by atoms with Gasteiger partial charge < -0.3 is 10.3 Å². The summed E-state index contributed by atoms with van der Waals surface area (Å²) < 4.78 is 1.18. The van der Waals surface area contributed by atoms with E-state index in [-0.39, 0.29) is 5.41 Å². The molecule has 3 heteroatoms. The molecule has 2 nitrogen and oxygen atoms in total. The zero-order chi connectivity index (χ0) is 14.2. The van der Waals surface area contributed by atoms with Crippen molar-refractivity contribution >= 4 is 26.8 Å². The van der Waals surface area contributed by atoms with Crippen molar-refractivity contribution in [3.8, 4) is 0 Å². The smallest absolute Gasteiger partial charge is 0.0474 e. The second-order valence-corrected chi connectivity index (χ2v) is 7.26. The number of aromatic nitrogens is 1. The first-order valence-electron chi connectivity index (χ1n) is 6.83. The molecule has 1 aromatic carbocycles. The normalized spacial score (nSPS) is 12.6. The van der Waals surface area contributed by atoms with E-state index in [1.165, 1.54) is 26.6 Å². The average Bonchev–Trinajstić information content (AvgIpc) is 2.62. The predicted molar refractivity (Wildman–Crippen MR) is 86.7 cm³/mol. The minimum absolute atomic E-state index is 0.182. The summed E-state index contributed by atoms with van der Waals surface area (Å²) in [6.07, 6.45) is 0. The summed E-state index contributed by atoms with van der Waals surface area (Å²) >= 11 is 3.73. The Balaban J connectivity index is 2.41. The van der Waals surface area contributed by atoms with Gasteiger partial charge in [-0.15, -0.1) is 0 Å². The molecule has 0 atom stereocenters. The zero-order valence-electron chi connectivity index (χ0n) is 12.4. The Morgan fingerprint density at radius 1 is 1.26 bits per heavy atom. The number of fused-ring (bicyclic) bond motifs is 1. The monoisotopic (exact) mass is 322 g/mol. The van der Waals surface area contributed by atoms with Crippen molar-refractivity contribution in [1.82, 2.24) is 10.3 Å². The van der Waals surface area contributed by atoms with Crippen molar-refractivity contribution in [3.05, 3.63) is 33.9 Å². The highest BCUT2D eigenvalue weighted by Crippen LogP contribution is 2.32. The Morgan fingerprint density at radius 2 is 1.95 bits per heavy atom. The molecule has 19 heavy (non-hydrogen) atoms. The van der Waals surface area contributed by atoms with Crippen LogP contribution in [0, 0.1) is 0 Å². The predicted octanol–water partition coefficient (Wildman–Crippen LogP) is 4.73. The first-order valence-corrected chi connectivity index (χ1v) is 7.62. The van der Waals surface area contributed by atoms with Crippen LogP contribution in [0.5, 0.6) is 0 Å². The van der Waals surface area contributed by atoms with Crippen LogP contribution in [0.1, 0.15) is 45.9 Å². The lowest BCUT2D eigenvalue weighted by molar-refractivity contribution is 0.582. The lowest BCUT2D eigenvalue weighted by atomic mass is 9.86. The van der Waals surface area contributed by atoms with Crippen LogP contribution in [0.25, 0.3) is 10.9 Å². The van der Waals surface area contributed by atoms with Crippen molar-refractivity contribution < 1.29 is 0 Å². The molecule has 1 heterocycles. The van der Waals surface area contributed by atoms with E-state index in [1.807, 2.05) is 0 Å². The van der Waals surface area contributed by atoms with Gasteiger partial charge in [0.25, 0.3) is 0 Å². The van der Waals surface area contributed by atoms with Gasteiger partial charge in [-0.2, -0.15) is 0 Å². The Kier molecular flexibility index (Phi) is 4.07. The Hall–Kier alpha value is -0.800. The minimum atomic E-state index is 0.182. The molecule has 104 valence electrons. The van der Waals surface area contributed by atoms with Crippen molar-refractivity contribution in [1.29, 1.82) is 0 Å². The molecule has 1 aromatic heterocycles. The topological polar surface area (TPSA) is 27.8 Å². The van der Waals surface area contributed by atoms with Crippen LogP contribution in [-0.4, -0.2) is 11.0 Å². The van der Waals surface area contributed by atoms with Gasteiger partial charge >= 0.3 is 0 Å². The summed E-state index contributed by atoms with van der Waals surface area (Å²) in [5.41, 5.74) is 3.96. The Morgan fingerprint density at radius 3 is 2.53 bits per heavy atom. The standard InChI is InChI=1S/C16H23BrN2/c1-10(2)18-9-14-15(17)12-8-11(16(3,4)5)6-7-13(12)19-14/h6-8,10,18-19H,9H2,1-5H3. The maximum atomic E-state index is 3.73. The summed E-state index contributed by atoms with van der Waals surface area (Å²) in [6.45, 7) is 11.9. The number of H-pyrrole nitrogens is 1. The Bertz CT molecular complexity index is 576. The summed E-state index contributed by atoms with van der Waals surface area (Å²) in [5.74, 6) is 0. The van der Waals surface area contributed by atoms with Crippen LogP contribution in [0.4, 0.5) is 0 Å². The molecule has 0 saturated carbocycles. The molecule has 2 aromatic rings. The molecule has 0 fully saturated rings. The highest BCUT2D eigenvalue weighted by atomic mass is 79.9. The van der Waals surface area contributed by atoms with Crippen LogP contribution < -0.4 is 5.32 Å². The summed E-state index contributed by atoms with van der Waals surface area (Å²) in [6, 6.07) is 7.17. The van der Waals surface area contributed by atoms with Crippen molar-refractivity contribution in [3.63, 3.8) is 0 Å². The highest BCUT2D eigenvalue weighted by Gasteiger charge is 2.16. The summed E-state index contributed by atoms with van der Waals surface area (Å²) in [5, 5.41) is 4.72. The maximum absolute atomic E-state index is 3.73. The van der Waals surface area contributed by atoms with E-state index < -0.39 is 0 Å². The van der Waals surface area contributed by atoms with Crippen LogP contribution in [0.2, 0.25) is 0 Å². The van der Waals surface area contributed by atoms with Gasteiger partial charge in [-0.05, 0) is 39.0 Å². The van der Waals surface area contributed by atoms with E-state index in [4.69, 9.17) is 0 Å². The third-order valence-electron chi connectivity index (χ3n) is 3.36. The largest absolute Gasteiger partial charge is 0.356 e. The fourth-order valence-electron chi connectivity index (χ4n) is 2.11. The third kappa shape index (κ3) is 3.21. The second-order valence-electron chi connectivity index (χ2n) is 6.46. The van der Waals surface area contributed by atoms with E-state index in [0.717, 1.165) is 6.54 Å². The first-order chi connectivity index (χ1) is 8.79. The number of hydrogen-bond donors (Lipinski definition) is 2. The van der Waals surface area contributed by atoms with Crippen molar-refractivity contribution in [2.24, 2.45) is 0 Å². The van der Waals surface area contributed by atoms with Crippen LogP contribution >= 0.6 is 15.9 Å². The molecule has 0 aliphatic carbocycles. The fraction of sp³-hybridized carbons (Fsp3) is 0.500. The molecule has 0 aliphatic heterocycles. The lowest BCUT2D eigenvalue weighted by Crippen LogP contribution is -2.22. The molecule has 2 rings (SSSR count). The number of hydrogen-bond acceptors (Lipinski definition) is 1. The van der Waals surface area contributed by atoms with E-state index in [9.17, 15) is 0 Å². The maximum Gasteiger partial charge on any atom is 0.0474 e. The van der Waals surface area contributed by atoms with Gasteiger partial charge in [-0.3, -0.25) is 0 Å². The number of rotatable bonds is 3. The van der Waals surface area contributed by atoms with Gasteiger partial charge in [0.05, 0.1) is 0 Å². The first kappa shape index (κ1) is 14.6. The third-order valence-corrected chi connectivity index (χ3v) is 4.27. The number of benzene rings is 1. The van der Waals surface area contributed by atoms with Crippen LogP contribution in [0.3, 0.4) is 0 Å². The lowest BCUT2D eigenvalue weighted by Gasteiger charge is -2.18. The molecular weight excluding hydrogens is 300 g/mol. The molecule has 0 bridgehead atoms. The zero-order valence-corrected chi connectivity index (χ0v) is 14.0. The fourth-order valence-corrected chi connectivity index (χ4v) is 2.68. The number of nitrogens with one attached hydrogen (secondary N) is 2. The molecule has 0 radical (unpaired) electrons. The van der Waals surface area contributed by atoms with Crippen LogP contribution in [0.15, 0.2) is 22.7 Å². The van der Waals surface area contributed by atoms with E-state index in [2.05, 4.69) is 79.0 Å². The Labute approximate surface area is 124 Å². The minimum Gasteiger partial charge on any atom is -0.356 e. The second kappa shape index (κ2) is 5.29. The highest BCUT2D eigenvalue weighted by molar-refractivity contribution is 9.10. The molecule has 0 aliphatic rings. The van der Waals surface area contributed by atoms with E-state index in [1.54, 1.807) is 0 Å². The summed E-state index contributed by atoms with van der Waals surface area (Å²) in [4.78, 5) is 3.49. The van der Waals surface area contributed by atoms with Crippen molar-refractivity contribution in [2.45, 2.75) is 52.6 Å². The van der Waals surface area contributed by atoms with Gasteiger partial charge in [0, 0.05) is 33.7 Å². The van der Waals surface area contributed by atoms with E-state index in [0.29, 0.717) is 6.04 Å². The molecule has 0 saturated heterocycles. The number of aromatic amines is 1. The molecule has 0 amide bonds. The van der Waals surface area contributed by atoms with Crippen molar-refractivity contribution in [2.75, 3.05) is 0 Å². The van der Waals surface area contributed by atoms with Crippen LogP contribution in [-0.2, 0) is 12.0 Å². The van der Waals surface area contributed by atoms with Gasteiger partial charge in [-0.1, -0.05) is 40.7 Å². The van der Waals surface area contributed by atoms with Gasteiger partial charge in [0.2, 0.25) is 0 Å². The number of halogens is 1. The summed E-state index contributed by atoms with van der Waals surface area (Å²) in [7, 11) is 0. The SMILES string of the molecule is CC(C)NCc1[nH]c2ccc(C(C)(C)C)cc2c1Br. The van der Waals surface area contributed by atoms with E-state index >= 15 is 0 Å².